The summed E-state index contributed by atoms with van der Waals surface area (Å²) in [5.74, 6) is 0.459. The molecule has 0 aliphatic heterocycles. The number of carboxylic acids is 1. The molecule has 0 saturated heterocycles. The molecule has 2 saturated carbocycles. The Kier molecular flexibility index (Phi) is 4.41. The molecular weight excluding hydrogens is 228 g/mol. The van der Waals surface area contributed by atoms with E-state index in [0.29, 0.717) is 23.5 Å². The predicted octanol–water partition coefficient (Wildman–Crippen LogP) is 3.56. The van der Waals surface area contributed by atoms with Crippen molar-refractivity contribution in [2.24, 2.45) is 11.3 Å². The van der Waals surface area contributed by atoms with Crippen LogP contribution < -0.4 is 0 Å². The first-order valence-electron chi connectivity index (χ1n) is 7.36. The molecule has 0 aromatic carbocycles. The number of hydrogen-bond acceptors (Lipinski definition) is 2. The highest BCUT2D eigenvalue weighted by Gasteiger charge is 2.48. The second-order valence-electron chi connectivity index (χ2n) is 6.18. The molecule has 3 nitrogen and oxygen atoms in total. The molecule has 2 unspecified atom stereocenters. The van der Waals surface area contributed by atoms with Gasteiger partial charge in [-0.2, -0.15) is 0 Å². The standard InChI is InChI=1S/C15H24O3/c16-13-10-12-6-5-9-15(12,11-13)8-4-2-1-3-7-14(17)18/h12H,1-11H2,(H,17,18). The van der Waals surface area contributed by atoms with Crippen LogP contribution in [0, 0.1) is 11.3 Å². The van der Waals surface area contributed by atoms with E-state index in [1.54, 1.807) is 0 Å². The molecule has 2 rings (SSSR count). The smallest absolute Gasteiger partial charge is 0.303 e. The van der Waals surface area contributed by atoms with Gasteiger partial charge >= 0.3 is 5.97 Å². The van der Waals surface area contributed by atoms with Gasteiger partial charge in [-0.05, 0) is 37.0 Å². The molecule has 2 fully saturated rings. The maximum atomic E-state index is 11.6. The number of hydrogen-bond donors (Lipinski definition) is 1. The molecule has 18 heavy (non-hydrogen) atoms. The van der Waals surface area contributed by atoms with Crippen LogP contribution in [-0.4, -0.2) is 16.9 Å². The molecule has 0 heterocycles. The Hall–Kier alpha value is -0.860. The van der Waals surface area contributed by atoms with Gasteiger partial charge in [0.15, 0.2) is 0 Å². The first-order valence-corrected chi connectivity index (χ1v) is 7.36. The second-order valence-corrected chi connectivity index (χ2v) is 6.18. The average molecular weight is 252 g/mol. The van der Waals surface area contributed by atoms with E-state index < -0.39 is 5.97 Å². The van der Waals surface area contributed by atoms with Gasteiger partial charge in [-0.25, -0.2) is 0 Å². The molecule has 0 bridgehead atoms. The quantitative estimate of drug-likeness (QED) is 0.705. The molecule has 2 atom stereocenters. The fourth-order valence-electron chi connectivity index (χ4n) is 4.03. The molecule has 102 valence electrons. The highest BCUT2D eigenvalue weighted by molar-refractivity contribution is 5.82. The molecule has 0 radical (unpaired) electrons. The van der Waals surface area contributed by atoms with Crippen molar-refractivity contribution in [1.82, 2.24) is 0 Å². The SMILES string of the molecule is O=C(O)CCCCCCC12CCCC1CC(=O)C2. The lowest BCUT2D eigenvalue weighted by Crippen LogP contribution is -2.19. The third-order valence-corrected chi connectivity index (χ3v) is 4.93. The van der Waals surface area contributed by atoms with E-state index in [-0.39, 0.29) is 0 Å². The summed E-state index contributed by atoms with van der Waals surface area (Å²) in [5.41, 5.74) is 0.351. The van der Waals surface area contributed by atoms with E-state index >= 15 is 0 Å². The number of carbonyl (C=O) groups excluding carboxylic acids is 1. The Morgan fingerprint density at radius 3 is 2.83 bits per heavy atom. The minimum atomic E-state index is -0.689. The van der Waals surface area contributed by atoms with Crippen LogP contribution in [0.15, 0.2) is 0 Å². The van der Waals surface area contributed by atoms with Crippen molar-refractivity contribution in [1.29, 1.82) is 0 Å². The molecule has 0 spiro atoms. The third-order valence-electron chi connectivity index (χ3n) is 4.93. The number of fused-ring (bicyclic) bond motifs is 1. The van der Waals surface area contributed by atoms with Crippen LogP contribution in [0.2, 0.25) is 0 Å². The van der Waals surface area contributed by atoms with Crippen molar-refractivity contribution >= 4 is 11.8 Å². The Morgan fingerprint density at radius 1 is 1.28 bits per heavy atom. The van der Waals surface area contributed by atoms with Crippen LogP contribution >= 0.6 is 0 Å². The van der Waals surface area contributed by atoms with Gasteiger partial charge in [-0.15, -0.1) is 0 Å². The number of aliphatic carboxylic acids is 1. The maximum absolute atomic E-state index is 11.6. The van der Waals surface area contributed by atoms with E-state index in [1.807, 2.05) is 0 Å². The van der Waals surface area contributed by atoms with Crippen molar-refractivity contribution in [3.8, 4) is 0 Å². The topological polar surface area (TPSA) is 54.4 Å². The van der Waals surface area contributed by atoms with Crippen LogP contribution in [0.5, 0.6) is 0 Å². The summed E-state index contributed by atoms with van der Waals surface area (Å²) < 4.78 is 0. The van der Waals surface area contributed by atoms with Crippen molar-refractivity contribution in [2.45, 2.75) is 70.6 Å². The second kappa shape index (κ2) is 5.85. The minimum absolute atomic E-state index is 0.298. The van der Waals surface area contributed by atoms with Crippen LogP contribution in [0.1, 0.15) is 70.6 Å². The normalized spacial score (nSPS) is 30.7. The van der Waals surface area contributed by atoms with Gasteiger partial charge in [0.1, 0.15) is 5.78 Å². The Labute approximate surface area is 109 Å². The molecule has 1 N–H and O–H groups in total. The van der Waals surface area contributed by atoms with E-state index in [9.17, 15) is 9.59 Å². The fraction of sp³-hybridized carbons (Fsp3) is 0.867. The first kappa shape index (κ1) is 13.6. The Balaban J connectivity index is 1.66. The zero-order valence-electron chi connectivity index (χ0n) is 11.1. The molecule has 0 aromatic rings. The predicted molar refractivity (Wildman–Crippen MR) is 69.4 cm³/mol. The van der Waals surface area contributed by atoms with Gasteiger partial charge in [-0.3, -0.25) is 9.59 Å². The average Bonchev–Trinajstić information content (AvgIpc) is 2.78. The summed E-state index contributed by atoms with van der Waals surface area (Å²) >= 11 is 0. The van der Waals surface area contributed by atoms with E-state index in [0.717, 1.165) is 32.1 Å². The molecule has 0 amide bonds. The van der Waals surface area contributed by atoms with Crippen molar-refractivity contribution in [3.63, 3.8) is 0 Å². The number of Topliss-reactive ketones (excluding diaryl/α,β-unsaturated/α-hetero) is 1. The van der Waals surface area contributed by atoms with Crippen molar-refractivity contribution in [2.75, 3.05) is 0 Å². The number of carboxylic acid groups (broad SMARTS) is 1. The summed E-state index contributed by atoms with van der Waals surface area (Å²) in [6.07, 6.45) is 11.1. The van der Waals surface area contributed by atoms with E-state index in [1.165, 1.54) is 32.1 Å². The van der Waals surface area contributed by atoms with Gasteiger partial charge < -0.3 is 5.11 Å². The number of rotatable bonds is 7. The summed E-state index contributed by atoms with van der Waals surface area (Å²) in [5, 5.41) is 8.56. The van der Waals surface area contributed by atoms with Crippen molar-refractivity contribution < 1.29 is 14.7 Å². The zero-order chi connectivity index (χ0) is 13.0. The number of carbonyl (C=O) groups is 2. The minimum Gasteiger partial charge on any atom is -0.481 e. The fourth-order valence-corrected chi connectivity index (χ4v) is 4.03. The van der Waals surface area contributed by atoms with E-state index in [4.69, 9.17) is 5.11 Å². The zero-order valence-corrected chi connectivity index (χ0v) is 11.1. The summed E-state index contributed by atoms with van der Waals surface area (Å²) in [7, 11) is 0. The Morgan fingerprint density at radius 2 is 2.06 bits per heavy atom. The molecule has 2 aliphatic carbocycles. The number of ketones is 1. The molecule has 3 heteroatoms. The van der Waals surface area contributed by atoms with Crippen molar-refractivity contribution in [3.05, 3.63) is 0 Å². The van der Waals surface area contributed by atoms with E-state index in [2.05, 4.69) is 0 Å². The third kappa shape index (κ3) is 3.12. The van der Waals surface area contributed by atoms with Crippen LogP contribution in [0.4, 0.5) is 0 Å². The monoisotopic (exact) mass is 252 g/mol. The van der Waals surface area contributed by atoms with Crippen LogP contribution in [0.3, 0.4) is 0 Å². The van der Waals surface area contributed by atoms with Gasteiger partial charge in [-0.1, -0.05) is 25.7 Å². The maximum Gasteiger partial charge on any atom is 0.303 e. The number of unbranched alkanes of at least 4 members (excludes halogenated alkanes) is 3. The lowest BCUT2D eigenvalue weighted by atomic mass is 9.76. The highest BCUT2D eigenvalue weighted by atomic mass is 16.4. The van der Waals surface area contributed by atoms with Gasteiger partial charge in [0.05, 0.1) is 0 Å². The van der Waals surface area contributed by atoms with Gasteiger partial charge in [0, 0.05) is 19.3 Å². The molecular formula is C15H24O3. The first-order chi connectivity index (χ1) is 8.62. The van der Waals surface area contributed by atoms with Crippen LogP contribution in [0.25, 0.3) is 0 Å². The molecule has 2 aliphatic rings. The largest absolute Gasteiger partial charge is 0.481 e. The summed E-state index contributed by atoms with van der Waals surface area (Å²) in [6.45, 7) is 0. The Bertz CT molecular complexity index is 324. The van der Waals surface area contributed by atoms with Gasteiger partial charge in [0.25, 0.3) is 0 Å². The lowest BCUT2D eigenvalue weighted by molar-refractivity contribution is -0.137. The lowest BCUT2D eigenvalue weighted by Gasteiger charge is -2.28. The summed E-state index contributed by atoms with van der Waals surface area (Å²) in [4.78, 5) is 22.0. The van der Waals surface area contributed by atoms with Gasteiger partial charge in [0.2, 0.25) is 0 Å². The van der Waals surface area contributed by atoms with Crippen LogP contribution in [-0.2, 0) is 9.59 Å². The highest BCUT2D eigenvalue weighted by Crippen LogP contribution is 2.55. The molecule has 0 aromatic heterocycles. The summed E-state index contributed by atoms with van der Waals surface area (Å²) in [6, 6.07) is 0.